The number of carbonyl (C=O) groups excluding carboxylic acids is 5. The van der Waals surface area contributed by atoms with E-state index in [4.69, 9.17) is 0 Å². The van der Waals surface area contributed by atoms with E-state index in [1.807, 2.05) is 24.3 Å². The summed E-state index contributed by atoms with van der Waals surface area (Å²) >= 11 is 0. The second kappa shape index (κ2) is 11.4. The Morgan fingerprint density at radius 2 is 1.83 bits per heavy atom. The van der Waals surface area contributed by atoms with Crippen LogP contribution >= 0.6 is 0 Å². The Bertz CT molecular complexity index is 1170. The molecule has 2 atom stereocenters. The topological polar surface area (TPSA) is 138 Å². The van der Waals surface area contributed by atoms with E-state index < -0.39 is 35.5 Å². The highest BCUT2D eigenvalue weighted by Crippen LogP contribution is 2.20. The third kappa shape index (κ3) is 5.92. The van der Waals surface area contributed by atoms with E-state index in [1.54, 1.807) is 17.7 Å². The van der Waals surface area contributed by atoms with Crippen molar-refractivity contribution in [2.45, 2.75) is 57.0 Å². The molecule has 0 spiro atoms. The fraction of sp³-hybridized carbons (Fsp3) is 0.500. The van der Waals surface area contributed by atoms with Crippen LogP contribution in [-0.2, 0) is 26.2 Å². The molecule has 4 amide bonds. The lowest BCUT2D eigenvalue weighted by Gasteiger charge is -2.24. The first kappa shape index (κ1) is 25.4. The number of nitrogens with one attached hydrogen (secondary N) is 4. The van der Waals surface area contributed by atoms with Crippen LogP contribution in [0.3, 0.4) is 0 Å². The molecule has 4 rings (SSSR count). The lowest BCUT2D eigenvalue weighted by molar-refractivity contribution is -0.141. The average molecular weight is 496 g/mol. The maximum atomic E-state index is 13.0. The first-order valence-corrected chi connectivity index (χ1v) is 12.6. The minimum Gasteiger partial charge on any atom is -0.356 e. The summed E-state index contributed by atoms with van der Waals surface area (Å²) in [6, 6.07) is 8.08. The monoisotopic (exact) mass is 495 g/mol. The van der Waals surface area contributed by atoms with E-state index >= 15 is 0 Å². The molecule has 0 bridgehead atoms. The van der Waals surface area contributed by atoms with Gasteiger partial charge in [0.15, 0.2) is 0 Å². The summed E-state index contributed by atoms with van der Waals surface area (Å²) in [5, 5.41) is 11.6. The Hall–Kier alpha value is -3.69. The van der Waals surface area contributed by atoms with Crippen LogP contribution in [0, 0.1) is 5.92 Å². The minimum absolute atomic E-state index is 0.0334. The molecule has 36 heavy (non-hydrogen) atoms. The normalized spacial score (nSPS) is 18.9. The Balaban J connectivity index is 1.38. The maximum absolute atomic E-state index is 13.0. The summed E-state index contributed by atoms with van der Waals surface area (Å²) in [5.74, 6) is -3.22. The molecule has 10 heteroatoms. The van der Waals surface area contributed by atoms with Gasteiger partial charge in [-0.3, -0.25) is 24.0 Å². The smallest absolute Gasteiger partial charge is 0.289 e. The molecule has 2 fully saturated rings. The van der Waals surface area contributed by atoms with E-state index in [0.717, 1.165) is 43.0 Å². The Kier molecular flexibility index (Phi) is 8.02. The van der Waals surface area contributed by atoms with Crippen molar-refractivity contribution in [2.75, 3.05) is 13.1 Å². The number of fused-ring (bicyclic) bond motifs is 1. The highest BCUT2D eigenvalue weighted by molar-refractivity contribution is 6.38. The largest absolute Gasteiger partial charge is 0.356 e. The van der Waals surface area contributed by atoms with Crippen LogP contribution in [0.2, 0.25) is 0 Å². The zero-order valence-electron chi connectivity index (χ0n) is 20.5. The van der Waals surface area contributed by atoms with Crippen molar-refractivity contribution >= 4 is 40.3 Å². The summed E-state index contributed by atoms with van der Waals surface area (Å²) in [7, 11) is 1.77. The molecule has 2 aliphatic rings. The van der Waals surface area contributed by atoms with Gasteiger partial charge in [-0.15, -0.1) is 0 Å². The van der Waals surface area contributed by atoms with Crippen LogP contribution in [-0.4, -0.2) is 59.2 Å². The highest BCUT2D eigenvalue weighted by Gasteiger charge is 2.34. The minimum atomic E-state index is -1.15. The van der Waals surface area contributed by atoms with Gasteiger partial charge in [0.05, 0.1) is 12.6 Å². The number of para-hydroxylation sites is 1. The molecular formula is C26H33N5O5. The number of Topliss-reactive ketones (excluding diaryl/α,β-unsaturated/α-hetero) is 1. The highest BCUT2D eigenvalue weighted by atomic mass is 16.2. The number of rotatable bonds is 9. The quantitative estimate of drug-likeness (QED) is 0.384. The van der Waals surface area contributed by atoms with Gasteiger partial charge in [-0.1, -0.05) is 37.5 Å². The van der Waals surface area contributed by atoms with Crippen molar-refractivity contribution in [3.63, 3.8) is 0 Å². The lowest BCUT2D eigenvalue weighted by atomic mass is 9.93. The molecule has 1 saturated heterocycles. The van der Waals surface area contributed by atoms with Gasteiger partial charge in [0.2, 0.25) is 17.6 Å². The molecule has 1 saturated carbocycles. The molecule has 0 radical (unpaired) electrons. The number of hydrogen-bond donors (Lipinski definition) is 4. The molecular weight excluding hydrogens is 462 g/mol. The number of aryl methyl sites for hydroxylation is 1. The standard InChI is InChI=1S/C26H33N5O5/c1-31-20-10-6-5-7-16(20)14-21(31)25(35)28-15-22(32)30-19(13-17-11-12-27-24(17)34)23(33)26(36)29-18-8-3-2-4-9-18/h5-7,10,14,17-19H,2-4,8-9,11-13,15H2,1H3,(H,27,34)(H,28,35)(H,29,36)(H,30,32)/t17-,19-/m0/s1. The number of hydrogen-bond acceptors (Lipinski definition) is 5. The molecule has 1 aromatic carbocycles. The summed E-state index contributed by atoms with van der Waals surface area (Å²) in [6.45, 7) is 0.124. The molecule has 2 aromatic rings. The number of amides is 4. The number of aromatic nitrogens is 1. The molecule has 1 aromatic heterocycles. The molecule has 192 valence electrons. The van der Waals surface area contributed by atoms with Gasteiger partial charge in [0.1, 0.15) is 5.69 Å². The third-order valence-corrected chi connectivity index (χ3v) is 7.09. The Morgan fingerprint density at radius 1 is 1.08 bits per heavy atom. The summed E-state index contributed by atoms with van der Waals surface area (Å²) < 4.78 is 1.74. The van der Waals surface area contributed by atoms with Crippen molar-refractivity contribution in [1.82, 2.24) is 25.8 Å². The predicted octanol–water partition coefficient (Wildman–Crippen LogP) is 0.937. The summed E-state index contributed by atoms with van der Waals surface area (Å²) in [4.78, 5) is 63.2. The first-order valence-electron chi connectivity index (χ1n) is 12.6. The first-order chi connectivity index (χ1) is 17.3. The predicted molar refractivity (Wildman–Crippen MR) is 133 cm³/mol. The zero-order valence-corrected chi connectivity index (χ0v) is 20.5. The van der Waals surface area contributed by atoms with E-state index in [9.17, 15) is 24.0 Å². The van der Waals surface area contributed by atoms with Gasteiger partial charge in [-0.2, -0.15) is 0 Å². The number of benzene rings is 1. The molecule has 0 unspecified atom stereocenters. The molecule has 4 N–H and O–H groups in total. The van der Waals surface area contributed by atoms with Gasteiger partial charge < -0.3 is 25.8 Å². The maximum Gasteiger partial charge on any atom is 0.289 e. The number of carbonyl (C=O) groups is 5. The van der Waals surface area contributed by atoms with E-state index in [-0.39, 0.29) is 24.9 Å². The fourth-order valence-corrected chi connectivity index (χ4v) is 5.05. The fourth-order valence-electron chi connectivity index (χ4n) is 5.05. The van der Waals surface area contributed by atoms with Crippen LogP contribution in [0.4, 0.5) is 0 Å². The van der Waals surface area contributed by atoms with Gasteiger partial charge in [0.25, 0.3) is 11.8 Å². The van der Waals surface area contributed by atoms with Crippen LogP contribution < -0.4 is 21.3 Å². The molecule has 2 heterocycles. The molecule has 1 aliphatic carbocycles. The van der Waals surface area contributed by atoms with Gasteiger partial charge >= 0.3 is 0 Å². The van der Waals surface area contributed by atoms with Crippen LogP contribution in [0.25, 0.3) is 10.9 Å². The van der Waals surface area contributed by atoms with Crippen LogP contribution in [0.1, 0.15) is 55.4 Å². The van der Waals surface area contributed by atoms with Crippen molar-refractivity contribution < 1.29 is 24.0 Å². The van der Waals surface area contributed by atoms with Crippen LogP contribution in [0.5, 0.6) is 0 Å². The second-order valence-electron chi connectivity index (χ2n) is 9.64. The Labute approximate surface area is 209 Å². The molecule has 1 aliphatic heterocycles. The van der Waals surface area contributed by atoms with E-state index in [1.165, 1.54) is 0 Å². The lowest BCUT2D eigenvalue weighted by Crippen LogP contribution is -2.52. The van der Waals surface area contributed by atoms with Crippen LogP contribution in [0.15, 0.2) is 30.3 Å². The van der Waals surface area contributed by atoms with Crippen molar-refractivity contribution in [2.24, 2.45) is 13.0 Å². The summed E-state index contributed by atoms with van der Waals surface area (Å²) in [6.07, 6.45) is 5.31. The number of ketones is 1. The van der Waals surface area contributed by atoms with Gasteiger partial charge in [-0.05, 0) is 37.8 Å². The van der Waals surface area contributed by atoms with Gasteiger partial charge in [-0.25, -0.2) is 0 Å². The average Bonchev–Trinajstić information content (AvgIpc) is 3.44. The molecule has 10 nitrogen and oxygen atoms in total. The second-order valence-corrected chi connectivity index (χ2v) is 9.64. The third-order valence-electron chi connectivity index (χ3n) is 7.09. The van der Waals surface area contributed by atoms with E-state index in [0.29, 0.717) is 18.7 Å². The van der Waals surface area contributed by atoms with Gasteiger partial charge in [0, 0.05) is 36.5 Å². The van der Waals surface area contributed by atoms with Crippen molar-refractivity contribution in [1.29, 1.82) is 0 Å². The Morgan fingerprint density at radius 3 is 2.53 bits per heavy atom. The zero-order chi connectivity index (χ0) is 25.7. The SMILES string of the molecule is Cn1c(C(=O)NCC(=O)N[C@@H](C[C@@H]2CCNC2=O)C(=O)C(=O)NC2CCCCC2)cc2ccccc21. The van der Waals surface area contributed by atoms with Crippen molar-refractivity contribution in [3.8, 4) is 0 Å². The number of nitrogens with zero attached hydrogens (tertiary/aromatic N) is 1. The summed E-state index contributed by atoms with van der Waals surface area (Å²) in [5.41, 5.74) is 1.28. The van der Waals surface area contributed by atoms with Crippen molar-refractivity contribution in [3.05, 3.63) is 36.0 Å². The van der Waals surface area contributed by atoms with E-state index in [2.05, 4.69) is 21.3 Å².